The summed E-state index contributed by atoms with van der Waals surface area (Å²) in [5, 5.41) is 7.06. The molecule has 4 nitrogen and oxygen atoms in total. The van der Waals surface area contributed by atoms with E-state index in [2.05, 4.69) is 22.6 Å². The molecule has 1 saturated heterocycles. The van der Waals surface area contributed by atoms with Crippen LogP contribution in [-0.4, -0.2) is 49.3 Å². The number of rotatable bonds is 5. The van der Waals surface area contributed by atoms with Gasteiger partial charge in [-0.25, -0.2) is 4.98 Å². The Morgan fingerprint density at radius 2 is 2.30 bits per heavy atom. The van der Waals surface area contributed by atoms with Gasteiger partial charge in [0.1, 0.15) is 0 Å². The molecule has 2 fully saturated rings. The van der Waals surface area contributed by atoms with Crippen molar-refractivity contribution >= 4 is 11.3 Å². The zero-order chi connectivity index (χ0) is 13.8. The first-order valence-electron chi connectivity index (χ1n) is 7.76. The molecule has 1 saturated carbocycles. The number of aromatic nitrogens is 1. The zero-order valence-electron chi connectivity index (χ0n) is 12.3. The van der Waals surface area contributed by atoms with Crippen molar-refractivity contribution < 1.29 is 4.74 Å². The zero-order valence-corrected chi connectivity index (χ0v) is 13.1. The van der Waals surface area contributed by atoms with E-state index in [1.807, 2.05) is 11.3 Å². The van der Waals surface area contributed by atoms with E-state index in [9.17, 15) is 0 Å². The van der Waals surface area contributed by atoms with Gasteiger partial charge < -0.3 is 15.0 Å². The van der Waals surface area contributed by atoms with Crippen molar-refractivity contribution in [1.29, 1.82) is 0 Å². The minimum Gasteiger partial charge on any atom is -0.374 e. The van der Waals surface area contributed by atoms with Crippen LogP contribution in [0, 0.1) is 0 Å². The quantitative estimate of drug-likeness (QED) is 0.904. The third-order valence-electron chi connectivity index (χ3n) is 4.29. The highest BCUT2D eigenvalue weighted by molar-refractivity contribution is 7.09. The Kier molecular flexibility index (Phi) is 5.04. The maximum atomic E-state index is 5.75. The maximum Gasteiger partial charge on any atom is 0.0959 e. The van der Waals surface area contributed by atoms with Crippen LogP contribution in [0.15, 0.2) is 5.38 Å². The second-order valence-corrected chi connectivity index (χ2v) is 6.93. The molecule has 5 heteroatoms. The SMILES string of the molecule is CN1CCO[C@H](CNCc2csc(C3CCCC3)n2)C1. The van der Waals surface area contributed by atoms with E-state index in [-0.39, 0.29) is 0 Å². The van der Waals surface area contributed by atoms with Gasteiger partial charge in [0.25, 0.3) is 0 Å². The molecule has 0 aromatic carbocycles. The molecular weight excluding hydrogens is 270 g/mol. The van der Waals surface area contributed by atoms with Gasteiger partial charge in [-0.2, -0.15) is 0 Å². The fourth-order valence-electron chi connectivity index (χ4n) is 3.12. The van der Waals surface area contributed by atoms with Crippen molar-refractivity contribution in [1.82, 2.24) is 15.2 Å². The molecule has 1 aromatic rings. The Hall–Kier alpha value is -0.490. The monoisotopic (exact) mass is 295 g/mol. The Labute approximate surface area is 125 Å². The number of thiazole rings is 1. The smallest absolute Gasteiger partial charge is 0.0959 e. The summed E-state index contributed by atoms with van der Waals surface area (Å²) in [6.07, 6.45) is 5.75. The van der Waals surface area contributed by atoms with Gasteiger partial charge in [-0.05, 0) is 19.9 Å². The molecule has 0 spiro atoms. The number of morpholine rings is 1. The van der Waals surface area contributed by atoms with E-state index in [4.69, 9.17) is 9.72 Å². The Bertz CT molecular complexity index is 417. The predicted octanol–water partition coefficient (Wildman–Crippen LogP) is 2.22. The van der Waals surface area contributed by atoms with Crippen LogP contribution in [0.5, 0.6) is 0 Å². The topological polar surface area (TPSA) is 37.4 Å². The Morgan fingerprint density at radius 3 is 3.10 bits per heavy atom. The number of ether oxygens (including phenoxy) is 1. The molecular formula is C15H25N3OS. The average Bonchev–Trinajstić information content (AvgIpc) is 3.09. The molecule has 0 amide bonds. The summed E-state index contributed by atoms with van der Waals surface area (Å²) in [5.41, 5.74) is 1.20. The molecule has 2 heterocycles. The summed E-state index contributed by atoms with van der Waals surface area (Å²) in [6.45, 7) is 4.71. The van der Waals surface area contributed by atoms with Crippen LogP contribution in [0.4, 0.5) is 0 Å². The lowest BCUT2D eigenvalue weighted by atomic mass is 10.1. The van der Waals surface area contributed by atoms with Gasteiger partial charge >= 0.3 is 0 Å². The second-order valence-electron chi connectivity index (χ2n) is 6.04. The number of nitrogens with zero attached hydrogens (tertiary/aromatic N) is 2. The largest absolute Gasteiger partial charge is 0.374 e. The molecule has 1 atom stereocenters. The van der Waals surface area contributed by atoms with Crippen molar-refractivity contribution in [3.63, 3.8) is 0 Å². The molecule has 1 aromatic heterocycles. The first-order valence-corrected chi connectivity index (χ1v) is 8.64. The highest BCUT2D eigenvalue weighted by atomic mass is 32.1. The third-order valence-corrected chi connectivity index (χ3v) is 5.35. The standard InChI is InChI=1S/C15H25N3OS/c1-18-6-7-19-14(10-18)9-16-8-13-11-20-15(17-13)12-4-2-3-5-12/h11-12,14,16H,2-10H2,1H3/t14-/m1/s1. The lowest BCUT2D eigenvalue weighted by Crippen LogP contribution is -2.44. The van der Waals surface area contributed by atoms with Gasteiger partial charge in [-0.3, -0.25) is 0 Å². The highest BCUT2D eigenvalue weighted by Crippen LogP contribution is 2.35. The molecule has 112 valence electrons. The first-order chi connectivity index (χ1) is 9.81. The molecule has 0 radical (unpaired) electrons. The van der Waals surface area contributed by atoms with Crippen LogP contribution >= 0.6 is 11.3 Å². The van der Waals surface area contributed by atoms with Crippen LogP contribution in [0.25, 0.3) is 0 Å². The van der Waals surface area contributed by atoms with Crippen LogP contribution in [0.2, 0.25) is 0 Å². The van der Waals surface area contributed by atoms with Gasteiger partial charge in [0.15, 0.2) is 0 Å². The summed E-state index contributed by atoms with van der Waals surface area (Å²) in [6, 6.07) is 0. The van der Waals surface area contributed by atoms with Crippen LogP contribution in [0.1, 0.15) is 42.3 Å². The molecule has 1 N–H and O–H groups in total. The van der Waals surface area contributed by atoms with Crippen LogP contribution in [0.3, 0.4) is 0 Å². The minimum absolute atomic E-state index is 0.321. The molecule has 1 aliphatic carbocycles. The fraction of sp³-hybridized carbons (Fsp3) is 0.800. The van der Waals surface area contributed by atoms with Crippen LogP contribution in [-0.2, 0) is 11.3 Å². The number of likely N-dealkylation sites (N-methyl/N-ethyl adjacent to an activating group) is 1. The van der Waals surface area contributed by atoms with E-state index in [0.29, 0.717) is 6.10 Å². The Morgan fingerprint density at radius 1 is 1.45 bits per heavy atom. The molecule has 0 unspecified atom stereocenters. The van der Waals surface area contributed by atoms with E-state index in [0.717, 1.165) is 38.7 Å². The second kappa shape index (κ2) is 6.98. The van der Waals surface area contributed by atoms with Gasteiger partial charge in [0.05, 0.1) is 23.4 Å². The lowest BCUT2D eigenvalue weighted by Gasteiger charge is -2.30. The molecule has 2 aliphatic rings. The lowest BCUT2D eigenvalue weighted by molar-refractivity contribution is -0.0182. The van der Waals surface area contributed by atoms with Gasteiger partial charge in [0, 0.05) is 37.5 Å². The summed E-state index contributed by atoms with van der Waals surface area (Å²) >= 11 is 1.84. The predicted molar refractivity (Wildman–Crippen MR) is 82.3 cm³/mol. The summed E-state index contributed by atoms with van der Waals surface area (Å²) in [7, 11) is 2.16. The minimum atomic E-state index is 0.321. The van der Waals surface area contributed by atoms with E-state index in [1.165, 1.54) is 36.4 Å². The third kappa shape index (κ3) is 3.79. The van der Waals surface area contributed by atoms with Gasteiger partial charge in [-0.15, -0.1) is 11.3 Å². The van der Waals surface area contributed by atoms with E-state index >= 15 is 0 Å². The normalized spacial score (nSPS) is 25.4. The van der Waals surface area contributed by atoms with Crippen molar-refractivity contribution in [2.45, 2.75) is 44.2 Å². The molecule has 0 bridgehead atoms. The Balaban J connectivity index is 1.42. The fourth-order valence-corrected chi connectivity index (χ4v) is 4.11. The van der Waals surface area contributed by atoms with Gasteiger partial charge in [-0.1, -0.05) is 12.8 Å². The number of hydrogen-bond donors (Lipinski definition) is 1. The summed E-state index contributed by atoms with van der Waals surface area (Å²) in [4.78, 5) is 7.12. The molecule has 1 aliphatic heterocycles. The van der Waals surface area contributed by atoms with Crippen molar-refractivity contribution in [3.05, 3.63) is 16.1 Å². The van der Waals surface area contributed by atoms with E-state index < -0.39 is 0 Å². The van der Waals surface area contributed by atoms with Crippen molar-refractivity contribution in [2.75, 3.05) is 33.3 Å². The molecule has 3 rings (SSSR count). The van der Waals surface area contributed by atoms with Gasteiger partial charge in [0.2, 0.25) is 0 Å². The summed E-state index contributed by atoms with van der Waals surface area (Å²) in [5.74, 6) is 0.740. The van der Waals surface area contributed by atoms with E-state index in [1.54, 1.807) is 0 Å². The highest BCUT2D eigenvalue weighted by Gasteiger charge is 2.20. The number of hydrogen-bond acceptors (Lipinski definition) is 5. The first kappa shape index (κ1) is 14.4. The summed E-state index contributed by atoms with van der Waals surface area (Å²) < 4.78 is 5.75. The average molecular weight is 295 g/mol. The van der Waals surface area contributed by atoms with Crippen molar-refractivity contribution in [3.8, 4) is 0 Å². The number of nitrogens with one attached hydrogen (secondary N) is 1. The van der Waals surface area contributed by atoms with Crippen LogP contribution < -0.4 is 5.32 Å². The van der Waals surface area contributed by atoms with Crippen molar-refractivity contribution in [2.24, 2.45) is 0 Å². The maximum absolute atomic E-state index is 5.75. The molecule has 20 heavy (non-hydrogen) atoms.